The third kappa shape index (κ3) is 3.51. The Morgan fingerprint density at radius 3 is 2.71 bits per heavy atom. The molecule has 0 spiro atoms. The van der Waals surface area contributed by atoms with Crippen LogP contribution in [0.3, 0.4) is 0 Å². The quantitative estimate of drug-likeness (QED) is 0.894. The second kappa shape index (κ2) is 5.71. The van der Waals surface area contributed by atoms with Gasteiger partial charge in [0.2, 0.25) is 5.91 Å². The van der Waals surface area contributed by atoms with Crippen LogP contribution in [0.1, 0.15) is 18.4 Å². The first-order valence-electron chi connectivity index (χ1n) is 7.10. The second-order valence-electron chi connectivity index (χ2n) is 5.50. The van der Waals surface area contributed by atoms with Gasteiger partial charge in [-0.3, -0.25) is 4.79 Å². The first-order valence-corrected chi connectivity index (χ1v) is 7.10. The molecular weight excluding hydrogens is 275 g/mol. The highest BCUT2D eigenvalue weighted by molar-refractivity contribution is 5.78. The van der Waals surface area contributed by atoms with Crippen molar-refractivity contribution < 1.29 is 18.7 Å². The van der Waals surface area contributed by atoms with Gasteiger partial charge >= 0.3 is 6.09 Å². The largest absolute Gasteiger partial charge is 0.442 e. The maximum Gasteiger partial charge on any atom is 0.410 e. The number of benzene rings is 1. The fourth-order valence-electron chi connectivity index (χ4n) is 2.41. The van der Waals surface area contributed by atoms with E-state index in [4.69, 9.17) is 4.74 Å². The molecule has 3 rings (SSSR count). The van der Waals surface area contributed by atoms with Crippen molar-refractivity contribution in [1.82, 2.24) is 10.2 Å². The highest BCUT2D eigenvalue weighted by Crippen LogP contribution is 2.30. The van der Waals surface area contributed by atoms with Gasteiger partial charge in [0.25, 0.3) is 0 Å². The number of hydrogen-bond donors (Lipinski definition) is 1. The van der Waals surface area contributed by atoms with Crippen LogP contribution < -0.4 is 5.32 Å². The normalized spacial score (nSPS) is 21.3. The number of nitrogens with zero attached hydrogens (tertiary/aromatic N) is 1. The summed E-state index contributed by atoms with van der Waals surface area (Å²) in [4.78, 5) is 25.1. The van der Waals surface area contributed by atoms with Gasteiger partial charge in [-0.05, 0) is 30.5 Å². The molecule has 1 aliphatic heterocycles. The zero-order valence-electron chi connectivity index (χ0n) is 11.5. The van der Waals surface area contributed by atoms with Gasteiger partial charge in [-0.2, -0.15) is 0 Å². The van der Waals surface area contributed by atoms with Gasteiger partial charge in [-0.15, -0.1) is 0 Å². The molecule has 1 aromatic carbocycles. The Bertz CT molecular complexity index is 542. The van der Waals surface area contributed by atoms with Gasteiger partial charge in [-0.1, -0.05) is 12.1 Å². The van der Waals surface area contributed by atoms with E-state index in [9.17, 15) is 14.0 Å². The van der Waals surface area contributed by atoms with Crippen molar-refractivity contribution in [2.24, 2.45) is 0 Å². The molecule has 2 amide bonds. The molecule has 1 aliphatic carbocycles. The van der Waals surface area contributed by atoms with Crippen LogP contribution >= 0.6 is 0 Å². The number of carbonyl (C=O) groups excluding carboxylic acids is 2. The Hall–Kier alpha value is -2.11. The lowest BCUT2D eigenvalue weighted by Crippen LogP contribution is -2.35. The van der Waals surface area contributed by atoms with E-state index in [0.717, 1.165) is 18.4 Å². The van der Waals surface area contributed by atoms with E-state index in [0.29, 0.717) is 19.1 Å². The predicted octanol–water partition coefficient (Wildman–Crippen LogP) is 1.47. The maximum atomic E-state index is 12.8. The van der Waals surface area contributed by atoms with Crippen LogP contribution in [0.5, 0.6) is 0 Å². The van der Waals surface area contributed by atoms with Crippen molar-refractivity contribution in [2.45, 2.75) is 31.4 Å². The summed E-state index contributed by atoms with van der Waals surface area (Å²) in [6.07, 6.45) is 1.70. The minimum Gasteiger partial charge on any atom is -0.442 e. The van der Waals surface area contributed by atoms with Crippen LogP contribution in [0.4, 0.5) is 9.18 Å². The molecule has 1 saturated carbocycles. The van der Waals surface area contributed by atoms with Gasteiger partial charge in [0.15, 0.2) is 0 Å². The first-order chi connectivity index (χ1) is 10.1. The SMILES string of the molecule is O=C(Cc1ccc(F)cc1)NCC1CN(C2CC2)C(=O)O1. The van der Waals surface area contributed by atoms with Crippen molar-refractivity contribution in [3.63, 3.8) is 0 Å². The van der Waals surface area contributed by atoms with Gasteiger partial charge < -0.3 is 15.0 Å². The molecule has 1 aromatic rings. The van der Waals surface area contributed by atoms with E-state index < -0.39 is 0 Å². The maximum absolute atomic E-state index is 12.8. The fraction of sp³-hybridized carbons (Fsp3) is 0.467. The summed E-state index contributed by atoms with van der Waals surface area (Å²) in [5.41, 5.74) is 0.747. The summed E-state index contributed by atoms with van der Waals surface area (Å²) in [6, 6.07) is 6.15. The summed E-state index contributed by atoms with van der Waals surface area (Å²) in [7, 11) is 0. The minimum atomic E-state index is -0.322. The fourth-order valence-corrected chi connectivity index (χ4v) is 2.41. The summed E-state index contributed by atoms with van der Waals surface area (Å²) in [6.45, 7) is 0.856. The lowest BCUT2D eigenvalue weighted by Gasteiger charge is -2.11. The van der Waals surface area contributed by atoms with E-state index in [1.165, 1.54) is 12.1 Å². The van der Waals surface area contributed by atoms with E-state index in [1.807, 2.05) is 0 Å². The van der Waals surface area contributed by atoms with Gasteiger partial charge in [0.05, 0.1) is 19.5 Å². The molecule has 5 nitrogen and oxygen atoms in total. The van der Waals surface area contributed by atoms with Crippen molar-refractivity contribution in [3.8, 4) is 0 Å². The Labute approximate surface area is 122 Å². The number of rotatable bonds is 5. The van der Waals surface area contributed by atoms with Crippen LogP contribution in [0.25, 0.3) is 0 Å². The predicted molar refractivity (Wildman–Crippen MR) is 73.1 cm³/mol. The lowest BCUT2D eigenvalue weighted by molar-refractivity contribution is -0.120. The van der Waals surface area contributed by atoms with E-state index in [1.54, 1.807) is 17.0 Å². The van der Waals surface area contributed by atoms with E-state index >= 15 is 0 Å². The molecule has 1 heterocycles. The third-order valence-corrected chi connectivity index (χ3v) is 3.69. The van der Waals surface area contributed by atoms with Crippen LogP contribution in [-0.4, -0.2) is 42.1 Å². The van der Waals surface area contributed by atoms with Crippen molar-refractivity contribution in [3.05, 3.63) is 35.6 Å². The average molecular weight is 292 g/mol. The molecular formula is C15H17FN2O3. The standard InChI is InChI=1S/C15H17FN2O3/c16-11-3-1-10(2-4-11)7-14(19)17-8-13-9-18(12-5-6-12)15(20)21-13/h1-4,12-13H,5-9H2,(H,17,19). The number of hydrogen-bond acceptors (Lipinski definition) is 3. The molecule has 0 radical (unpaired) electrons. The molecule has 112 valence electrons. The van der Waals surface area contributed by atoms with Gasteiger partial charge in [0, 0.05) is 6.04 Å². The molecule has 0 aromatic heterocycles. The highest BCUT2D eigenvalue weighted by atomic mass is 19.1. The Kier molecular flexibility index (Phi) is 3.77. The summed E-state index contributed by atoms with van der Waals surface area (Å²) >= 11 is 0. The lowest BCUT2D eigenvalue weighted by atomic mass is 10.1. The topological polar surface area (TPSA) is 58.6 Å². The first kappa shape index (κ1) is 13.9. The van der Waals surface area contributed by atoms with Crippen LogP contribution in [0, 0.1) is 5.82 Å². The number of carbonyl (C=O) groups is 2. The highest BCUT2D eigenvalue weighted by Gasteiger charge is 2.40. The average Bonchev–Trinajstić information content (AvgIpc) is 3.23. The van der Waals surface area contributed by atoms with Crippen molar-refractivity contribution >= 4 is 12.0 Å². The van der Waals surface area contributed by atoms with Crippen LogP contribution in [-0.2, 0) is 16.0 Å². The molecule has 1 N–H and O–H groups in total. The number of amides is 2. The zero-order valence-corrected chi connectivity index (χ0v) is 11.5. The molecule has 1 unspecified atom stereocenters. The van der Waals surface area contributed by atoms with Crippen LogP contribution in [0.15, 0.2) is 24.3 Å². The molecule has 2 fully saturated rings. The number of halogens is 1. The summed E-state index contributed by atoms with van der Waals surface area (Å²) in [5, 5.41) is 2.75. The van der Waals surface area contributed by atoms with Crippen molar-refractivity contribution in [2.75, 3.05) is 13.1 Å². The summed E-state index contributed by atoms with van der Waals surface area (Å²) < 4.78 is 18.0. The Morgan fingerprint density at radius 1 is 1.33 bits per heavy atom. The number of cyclic esters (lactones) is 1. The monoisotopic (exact) mass is 292 g/mol. The minimum absolute atomic E-state index is 0.164. The van der Waals surface area contributed by atoms with Gasteiger partial charge in [-0.25, -0.2) is 9.18 Å². The molecule has 6 heteroatoms. The molecule has 21 heavy (non-hydrogen) atoms. The second-order valence-corrected chi connectivity index (χ2v) is 5.50. The number of ether oxygens (including phenoxy) is 1. The van der Waals surface area contributed by atoms with E-state index in [-0.39, 0.29) is 30.3 Å². The summed E-state index contributed by atoms with van der Waals surface area (Å²) in [5.74, 6) is -0.486. The molecule has 0 bridgehead atoms. The molecule has 1 saturated heterocycles. The van der Waals surface area contributed by atoms with Crippen molar-refractivity contribution in [1.29, 1.82) is 0 Å². The third-order valence-electron chi connectivity index (χ3n) is 3.69. The smallest absolute Gasteiger partial charge is 0.410 e. The Balaban J connectivity index is 1.43. The van der Waals surface area contributed by atoms with Gasteiger partial charge in [0.1, 0.15) is 11.9 Å². The Morgan fingerprint density at radius 2 is 2.05 bits per heavy atom. The molecule has 2 aliphatic rings. The number of nitrogens with one attached hydrogen (secondary N) is 1. The van der Waals surface area contributed by atoms with Crippen LogP contribution in [0.2, 0.25) is 0 Å². The molecule has 1 atom stereocenters. The van der Waals surface area contributed by atoms with E-state index in [2.05, 4.69) is 5.32 Å². The zero-order chi connectivity index (χ0) is 14.8.